The Morgan fingerprint density at radius 1 is 1.19 bits per heavy atom. The van der Waals surface area contributed by atoms with Crippen molar-refractivity contribution >= 4 is 17.8 Å². The molecule has 0 saturated carbocycles. The van der Waals surface area contributed by atoms with Gasteiger partial charge in [-0.2, -0.15) is 5.10 Å². The molecule has 2 aromatic rings. The largest absolute Gasteiger partial charge is 0.493 e. The van der Waals surface area contributed by atoms with E-state index in [0.29, 0.717) is 37.8 Å². The van der Waals surface area contributed by atoms with E-state index < -0.39 is 0 Å². The van der Waals surface area contributed by atoms with E-state index in [1.165, 1.54) is 0 Å². The van der Waals surface area contributed by atoms with Gasteiger partial charge in [0, 0.05) is 13.1 Å². The molecule has 0 spiro atoms. The van der Waals surface area contributed by atoms with Gasteiger partial charge in [-0.3, -0.25) is 10.2 Å². The summed E-state index contributed by atoms with van der Waals surface area (Å²) in [6, 6.07) is 15.1. The first-order chi connectivity index (χ1) is 13.3. The summed E-state index contributed by atoms with van der Waals surface area (Å²) in [6.07, 6.45) is 1.69. The maximum absolute atomic E-state index is 12.2. The molecule has 0 aliphatic carbocycles. The van der Waals surface area contributed by atoms with Gasteiger partial charge in [-0.25, -0.2) is 0 Å². The van der Waals surface area contributed by atoms with Gasteiger partial charge < -0.3 is 19.1 Å². The van der Waals surface area contributed by atoms with Gasteiger partial charge in [0.05, 0.1) is 32.2 Å². The summed E-state index contributed by atoms with van der Waals surface area (Å²) in [4.78, 5) is 13.9. The van der Waals surface area contributed by atoms with Crippen molar-refractivity contribution in [3.8, 4) is 11.5 Å². The van der Waals surface area contributed by atoms with E-state index >= 15 is 0 Å². The lowest BCUT2D eigenvalue weighted by Crippen LogP contribution is -2.43. The number of rotatable bonds is 7. The number of carbonyl (C=O) groups excluding carboxylic acids is 1. The van der Waals surface area contributed by atoms with Crippen LogP contribution >= 0.6 is 0 Å². The number of nitrogens with zero attached hydrogens (tertiary/aromatic N) is 2. The maximum Gasteiger partial charge on any atom is 0.260 e. The van der Waals surface area contributed by atoms with Crippen LogP contribution in [0, 0.1) is 0 Å². The normalized spacial score (nSPS) is 14.2. The first-order valence-corrected chi connectivity index (χ1v) is 8.77. The summed E-state index contributed by atoms with van der Waals surface area (Å²) in [5.74, 6) is 1.01. The van der Waals surface area contributed by atoms with E-state index in [1.54, 1.807) is 24.3 Å². The van der Waals surface area contributed by atoms with Gasteiger partial charge in [0.15, 0.2) is 18.1 Å². The van der Waals surface area contributed by atoms with Crippen molar-refractivity contribution in [3.05, 3.63) is 54.1 Å². The number of anilines is 1. The van der Waals surface area contributed by atoms with Crippen LogP contribution in [0.5, 0.6) is 11.5 Å². The summed E-state index contributed by atoms with van der Waals surface area (Å²) < 4.78 is 16.3. The molecule has 2 aromatic carbocycles. The topological polar surface area (TPSA) is 72.4 Å². The average molecular weight is 369 g/mol. The third kappa shape index (κ3) is 5.46. The zero-order valence-corrected chi connectivity index (χ0v) is 15.3. The number of morpholine rings is 1. The predicted molar refractivity (Wildman–Crippen MR) is 104 cm³/mol. The highest BCUT2D eigenvalue weighted by atomic mass is 16.5. The number of amides is 1. The van der Waals surface area contributed by atoms with Crippen LogP contribution in [-0.4, -0.2) is 57.0 Å². The van der Waals surface area contributed by atoms with Crippen LogP contribution in [0.4, 0.5) is 5.69 Å². The van der Waals surface area contributed by atoms with Crippen molar-refractivity contribution in [2.75, 3.05) is 45.4 Å². The molecule has 1 aliphatic heterocycles. The molecule has 1 fully saturated rings. The molecule has 27 heavy (non-hydrogen) atoms. The van der Waals surface area contributed by atoms with E-state index in [9.17, 15) is 4.79 Å². The van der Waals surface area contributed by atoms with E-state index in [0.717, 1.165) is 11.3 Å². The Bertz CT molecular complexity index is 774. The molecule has 1 saturated heterocycles. The van der Waals surface area contributed by atoms with E-state index in [4.69, 9.17) is 14.2 Å². The van der Waals surface area contributed by atoms with Gasteiger partial charge in [-0.15, -0.1) is 0 Å². The number of nitrogens with one attached hydrogen (secondary N) is 1. The highest BCUT2D eigenvalue weighted by molar-refractivity contribution is 5.82. The Kier molecular flexibility index (Phi) is 6.65. The van der Waals surface area contributed by atoms with Gasteiger partial charge >= 0.3 is 0 Å². The smallest absolute Gasteiger partial charge is 0.260 e. The van der Waals surface area contributed by atoms with Crippen molar-refractivity contribution in [3.63, 3.8) is 0 Å². The Morgan fingerprint density at radius 3 is 2.70 bits per heavy atom. The number of benzene rings is 2. The molecule has 1 amide bonds. The van der Waals surface area contributed by atoms with Crippen LogP contribution in [-0.2, 0) is 9.53 Å². The lowest BCUT2D eigenvalue weighted by atomic mass is 10.2. The minimum absolute atomic E-state index is 0.0284. The predicted octanol–water partition coefficient (Wildman–Crippen LogP) is 2.38. The van der Waals surface area contributed by atoms with Crippen LogP contribution in [0.3, 0.4) is 0 Å². The van der Waals surface area contributed by atoms with Crippen LogP contribution < -0.4 is 14.9 Å². The Hall–Kier alpha value is -3.06. The second kappa shape index (κ2) is 9.59. The molecule has 1 N–H and O–H groups in total. The molecule has 0 aromatic heterocycles. The van der Waals surface area contributed by atoms with Gasteiger partial charge in [0.1, 0.15) is 0 Å². The van der Waals surface area contributed by atoms with Crippen LogP contribution in [0.15, 0.2) is 53.6 Å². The fraction of sp³-hybridized carbons (Fsp3) is 0.300. The standard InChI is InChI=1S/C20H23N3O4/c1-25-19-13-16(14-21-22-17-5-3-2-4-6-17)7-8-18(19)27-15-20(24)23-9-11-26-12-10-23/h2-8,13-14,22H,9-12,15H2,1H3. The lowest BCUT2D eigenvalue weighted by molar-refractivity contribution is -0.137. The molecular weight excluding hydrogens is 346 g/mol. The molecule has 7 nitrogen and oxygen atoms in total. The van der Waals surface area contributed by atoms with Crippen molar-refractivity contribution in [2.45, 2.75) is 0 Å². The van der Waals surface area contributed by atoms with Crippen LogP contribution in [0.25, 0.3) is 0 Å². The van der Waals surface area contributed by atoms with E-state index in [2.05, 4.69) is 10.5 Å². The van der Waals surface area contributed by atoms with Gasteiger partial charge in [-0.1, -0.05) is 18.2 Å². The second-order valence-corrected chi connectivity index (χ2v) is 5.93. The number of hydrogen-bond acceptors (Lipinski definition) is 6. The minimum atomic E-state index is -0.0574. The number of hydrazone groups is 1. The summed E-state index contributed by atoms with van der Waals surface area (Å²) in [5, 5.41) is 4.21. The molecule has 0 bridgehead atoms. The van der Waals surface area contributed by atoms with Gasteiger partial charge in [-0.05, 0) is 35.9 Å². The number of para-hydroxylation sites is 1. The number of carbonyl (C=O) groups is 1. The molecule has 7 heteroatoms. The zero-order valence-electron chi connectivity index (χ0n) is 15.3. The zero-order chi connectivity index (χ0) is 18.9. The Labute approximate surface area is 158 Å². The SMILES string of the molecule is COc1cc(C=NNc2ccccc2)ccc1OCC(=O)N1CCOCC1. The highest BCUT2D eigenvalue weighted by Gasteiger charge is 2.17. The fourth-order valence-corrected chi connectivity index (χ4v) is 2.62. The van der Waals surface area contributed by atoms with Crippen molar-refractivity contribution < 1.29 is 19.0 Å². The summed E-state index contributed by atoms with van der Waals surface area (Å²) in [5.41, 5.74) is 4.71. The molecule has 0 unspecified atom stereocenters. The third-order valence-electron chi connectivity index (χ3n) is 4.08. The average Bonchev–Trinajstić information content (AvgIpc) is 2.73. The van der Waals surface area contributed by atoms with E-state index in [1.807, 2.05) is 42.5 Å². The van der Waals surface area contributed by atoms with Crippen molar-refractivity contribution in [2.24, 2.45) is 5.10 Å². The first kappa shape index (κ1) is 18.7. The van der Waals surface area contributed by atoms with Gasteiger partial charge in [0.2, 0.25) is 0 Å². The molecule has 0 atom stereocenters. The molecule has 142 valence electrons. The Balaban J connectivity index is 1.57. The lowest BCUT2D eigenvalue weighted by Gasteiger charge is -2.26. The fourth-order valence-electron chi connectivity index (χ4n) is 2.62. The van der Waals surface area contributed by atoms with Crippen molar-refractivity contribution in [1.82, 2.24) is 4.90 Å². The highest BCUT2D eigenvalue weighted by Crippen LogP contribution is 2.27. The second-order valence-electron chi connectivity index (χ2n) is 5.93. The molecule has 3 rings (SSSR count). The van der Waals surface area contributed by atoms with Crippen molar-refractivity contribution in [1.29, 1.82) is 0 Å². The quantitative estimate of drug-likeness (QED) is 0.599. The molecule has 1 heterocycles. The number of methoxy groups -OCH3 is 1. The minimum Gasteiger partial charge on any atom is -0.493 e. The number of hydrogen-bond donors (Lipinski definition) is 1. The third-order valence-corrected chi connectivity index (χ3v) is 4.08. The summed E-state index contributed by atoms with van der Waals surface area (Å²) in [7, 11) is 1.56. The summed E-state index contributed by atoms with van der Waals surface area (Å²) in [6.45, 7) is 2.31. The monoisotopic (exact) mass is 369 g/mol. The molecule has 1 aliphatic rings. The van der Waals surface area contributed by atoms with Gasteiger partial charge in [0.25, 0.3) is 5.91 Å². The molecule has 0 radical (unpaired) electrons. The van der Waals surface area contributed by atoms with Crippen LogP contribution in [0.1, 0.15) is 5.56 Å². The summed E-state index contributed by atoms with van der Waals surface area (Å²) >= 11 is 0. The van der Waals surface area contributed by atoms with E-state index in [-0.39, 0.29) is 12.5 Å². The maximum atomic E-state index is 12.2. The van der Waals surface area contributed by atoms with Crippen LogP contribution in [0.2, 0.25) is 0 Å². The first-order valence-electron chi connectivity index (χ1n) is 8.77. The number of ether oxygens (including phenoxy) is 3. The molecular formula is C20H23N3O4. The Morgan fingerprint density at radius 2 is 1.96 bits per heavy atom.